The fourth-order valence-electron chi connectivity index (χ4n) is 1.80. The minimum absolute atomic E-state index is 0.143. The lowest BCUT2D eigenvalue weighted by molar-refractivity contribution is -0.135. The van der Waals surface area contributed by atoms with Gasteiger partial charge in [-0.2, -0.15) is 0 Å². The third-order valence-corrected chi connectivity index (χ3v) is 3.06. The van der Waals surface area contributed by atoms with Crippen LogP contribution in [0.4, 0.5) is 8.78 Å². The summed E-state index contributed by atoms with van der Waals surface area (Å²) in [5, 5.41) is 0. The van der Waals surface area contributed by atoms with Crippen molar-refractivity contribution in [2.45, 2.75) is 19.6 Å². The molecular weight excluding hydrogens is 320 g/mol. The maximum atomic E-state index is 14.0. The van der Waals surface area contributed by atoms with Crippen molar-refractivity contribution in [2.24, 2.45) is 5.73 Å². The Balaban J connectivity index is 2.24. The summed E-state index contributed by atoms with van der Waals surface area (Å²) in [6.45, 7) is 1.21. The highest BCUT2D eigenvalue weighted by Crippen LogP contribution is 2.25. The standard InChI is InChI=1S/C17H15F2NO4/c1-10(20)16(21)24-13-8-7-12(18)15(19)14(13)17(22)23-9-11-5-3-2-4-6-11/h2-8,10H,9,20H2,1H3/t10-/m0/s1. The lowest BCUT2D eigenvalue weighted by Gasteiger charge is -2.12. The molecule has 2 N–H and O–H groups in total. The van der Waals surface area contributed by atoms with Crippen molar-refractivity contribution in [3.63, 3.8) is 0 Å². The number of rotatable bonds is 5. The lowest BCUT2D eigenvalue weighted by Crippen LogP contribution is -2.31. The number of carbonyl (C=O) groups excluding carboxylic acids is 2. The average Bonchev–Trinajstić information content (AvgIpc) is 2.57. The molecule has 0 aliphatic heterocycles. The van der Waals surface area contributed by atoms with Gasteiger partial charge in [-0.1, -0.05) is 30.3 Å². The number of ether oxygens (including phenoxy) is 2. The van der Waals surface area contributed by atoms with Gasteiger partial charge in [0.1, 0.15) is 24.0 Å². The molecule has 2 aromatic rings. The first-order chi connectivity index (χ1) is 11.4. The van der Waals surface area contributed by atoms with Gasteiger partial charge in [-0.15, -0.1) is 0 Å². The Morgan fingerprint density at radius 3 is 2.42 bits per heavy atom. The van der Waals surface area contributed by atoms with Gasteiger partial charge in [-0.3, -0.25) is 0 Å². The molecule has 0 bridgehead atoms. The lowest BCUT2D eigenvalue weighted by atomic mass is 10.1. The van der Waals surface area contributed by atoms with E-state index in [-0.39, 0.29) is 6.61 Å². The predicted molar refractivity (Wildman–Crippen MR) is 81.2 cm³/mol. The molecule has 7 heteroatoms. The Morgan fingerprint density at radius 1 is 1.12 bits per heavy atom. The molecule has 126 valence electrons. The first-order valence-corrected chi connectivity index (χ1v) is 7.06. The molecule has 1 atom stereocenters. The smallest absolute Gasteiger partial charge is 0.345 e. The first-order valence-electron chi connectivity index (χ1n) is 7.06. The van der Waals surface area contributed by atoms with Gasteiger partial charge < -0.3 is 15.2 Å². The molecule has 2 rings (SSSR count). The van der Waals surface area contributed by atoms with E-state index in [9.17, 15) is 18.4 Å². The van der Waals surface area contributed by atoms with Crippen molar-refractivity contribution in [1.29, 1.82) is 0 Å². The van der Waals surface area contributed by atoms with Crippen molar-refractivity contribution in [3.05, 3.63) is 65.2 Å². The number of carbonyl (C=O) groups is 2. The van der Waals surface area contributed by atoms with Crippen molar-refractivity contribution in [3.8, 4) is 5.75 Å². The number of hydrogen-bond acceptors (Lipinski definition) is 5. The van der Waals surface area contributed by atoms with E-state index in [1.165, 1.54) is 6.92 Å². The molecule has 0 unspecified atom stereocenters. The van der Waals surface area contributed by atoms with Gasteiger partial charge in [0.25, 0.3) is 0 Å². The minimum Gasteiger partial charge on any atom is -0.457 e. The van der Waals surface area contributed by atoms with Gasteiger partial charge in [0, 0.05) is 0 Å². The summed E-state index contributed by atoms with van der Waals surface area (Å²) < 4.78 is 37.2. The maximum Gasteiger partial charge on any atom is 0.345 e. The highest BCUT2D eigenvalue weighted by Gasteiger charge is 2.25. The number of nitrogens with two attached hydrogens (primary N) is 1. The van der Waals surface area contributed by atoms with E-state index in [4.69, 9.17) is 15.2 Å². The van der Waals surface area contributed by atoms with Crippen molar-refractivity contribution >= 4 is 11.9 Å². The Hall–Kier alpha value is -2.80. The van der Waals surface area contributed by atoms with E-state index in [1.54, 1.807) is 30.3 Å². The van der Waals surface area contributed by atoms with Gasteiger partial charge in [0.15, 0.2) is 11.6 Å². The van der Waals surface area contributed by atoms with E-state index < -0.39 is 40.9 Å². The Labute approximate surface area is 137 Å². The molecular formula is C17H15F2NO4. The molecule has 0 aromatic heterocycles. The second kappa shape index (κ2) is 7.65. The fraction of sp³-hybridized carbons (Fsp3) is 0.176. The van der Waals surface area contributed by atoms with Crippen LogP contribution in [-0.4, -0.2) is 18.0 Å². The maximum absolute atomic E-state index is 14.0. The van der Waals surface area contributed by atoms with E-state index in [0.717, 1.165) is 12.1 Å². The number of benzene rings is 2. The average molecular weight is 335 g/mol. The monoisotopic (exact) mass is 335 g/mol. The number of esters is 2. The van der Waals surface area contributed by atoms with Gasteiger partial charge in [0.05, 0.1) is 0 Å². The molecule has 0 heterocycles. The van der Waals surface area contributed by atoms with Crippen LogP contribution in [0.5, 0.6) is 5.75 Å². The SMILES string of the molecule is C[C@H](N)C(=O)Oc1ccc(F)c(F)c1C(=O)OCc1ccccc1. The normalized spacial score (nSPS) is 11.7. The van der Waals surface area contributed by atoms with Crippen LogP contribution in [0.3, 0.4) is 0 Å². The molecule has 0 spiro atoms. The zero-order valence-corrected chi connectivity index (χ0v) is 12.8. The Kier molecular flexibility index (Phi) is 5.59. The van der Waals surface area contributed by atoms with E-state index in [1.807, 2.05) is 0 Å². The fourth-order valence-corrected chi connectivity index (χ4v) is 1.80. The highest BCUT2D eigenvalue weighted by atomic mass is 19.2. The quantitative estimate of drug-likeness (QED) is 0.671. The predicted octanol–water partition coefficient (Wildman–Crippen LogP) is 2.57. The summed E-state index contributed by atoms with van der Waals surface area (Å²) in [5.74, 6) is -5.21. The first kappa shape index (κ1) is 17.6. The van der Waals surface area contributed by atoms with Crippen LogP contribution in [0.1, 0.15) is 22.8 Å². The number of hydrogen-bond donors (Lipinski definition) is 1. The summed E-state index contributed by atoms with van der Waals surface area (Å²) in [5.41, 5.74) is 5.23. The van der Waals surface area contributed by atoms with Crippen molar-refractivity contribution < 1.29 is 27.8 Å². The molecule has 0 saturated carbocycles. The van der Waals surface area contributed by atoms with Crippen LogP contribution in [0.25, 0.3) is 0 Å². The molecule has 5 nitrogen and oxygen atoms in total. The van der Waals surface area contributed by atoms with Gasteiger partial charge in [-0.25, -0.2) is 18.4 Å². The molecule has 0 aliphatic rings. The highest BCUT2D eigenvalue weighted by molar-refractivity contribution is 5.94. The Morgan fingerprint density at radius 2 is 1.79 bits per heavy atom. The Bertz CT molecular complexity index is 748. The second-order valence-electron chi connectivity index (χ2n) is 5.01. The summed E-state index contributed by atoms with van der Waals surface area (Å²) >= 11 is 0. The van der Waals surface area contributed by atoms with Crippen LogP contribution < -0.4 is 10.5 Å². The van der Waals surface area contributed by atoms with E-state index >= 15 is 0 Å². The molecule has 2 aromatic carbocycles. The summed E-state index contributed by atoms with van der Waals surface area (Å²) in [6, 6.07) is 9.38. The third-order valence-electron chi connectivity index (χ3n) is 3.06. The summed E-state index contributed by atoms with van der Waals surface area (Å²) in [7, 11) is 0. The number of halogens is 2. The topological polar surface area (TPSA) is 78.6 Å². The summed E-state index contributed by atoms with van der Waals surface area (Å²) in [4.78, 5) is 23.7. The third kappa shape index (κ3) is 4.14. The van der Waals surface area contributed by atoms with Crippen LogP contribution >= 0.6 is 0 Å². The zero-order valence-electron chi connectivity index (χ0n) is 12.8. The minimum atomic E-state index is -1.46. The van der Waals surface area contributed by atoms with E-state index in [2.05, 4.69) is 0 Å². The molecule has 0 fully saturated rings. The van der Waals surface area contributed by atoms with Crippen molar-refractivity contribution in [1.82, 2.24) is 0 Å². The van der Waals surface area contributed by atoms with Crippen LogP contribution in [0, 0.1) is 11.6 Å². The van der Waals surface area contributed by atoms with Crippen LogP contribution in [0.15, 0.2) is 42.5 Å². The molecule has 0 saturated heterocycles. The van der Waals surface area contributed by atoms with E-state index in [0.29, 0.717) is 5.56 Å². The van der Waals surface area contributed by atoms with Gasteiger partial charge in [0.2, 0.25) is 0 Å². The molecule has 0 amide bonds. The summed E-state index contributed by atoms with van der Waals surface area (Å²) in [6.07, 6.45) is 0. The largest absolute Gasteiger partial charge is 0.457 e. The molecule has 0 radical (unpaired) electrons. The van der Waals surface area contributed by atoms with Crippen LogP contribution in [-0.2, 0) is 16.1 Å². The van der Waals surface area contributed by atoms with Gasteiger partial charge >= 0.3 is 11.9 Å². The zero-order chi connectivity index (χ0) is 17.7. The molecule has 24 heavy (non-hydrogen) atoms. The van der Waals surface area contributed by atoms with Gasteiger partial charge in [-0.05, 0) is 24.6 Å². The van der Waals surface area contributed by atoms with Crippen molar-refractivity contribution in [2.75, 3.05) is 0 Å². The second-order valence-corrected chi connectivity index (χ2v) is 5.01. The molecule has 0 aliphatic carbocycles. The van der Waals surface area contributed by atoms with Crippen LogP contribution in [0.2, 0.25) is 0 Å².